The fraction of sp³-hybridized carbons (Fsp3) is 1.00. The second kappa shape index (κ2) is 7.92. The van der Waals surface area contributed by atoms with Crippen molar-refractivity contribution in [1.29, 1.82) is 0 Å². The van der Waals surface area contributed by atoms with E-state index in [-0.39, 0.29) is 13.2 Å². The Hall–Kier alpha value is -0.300. The molecule has 0 spiro atoms. The molecule has 9 nitrogen and oxygen atoms in total. The zero-order valence-corrected chi connectivity index (χ0v) is 11.0. The lowest BCUT2D eigenvalue weighted by Gasteiger charge is -2.05. The largest absolute Gasteiger partial charge is 0.426 e. The first kappa shape index (κ1) is 16.7. The molecule has 0 heterocycles. The van der Waals surface area contributed by atoms with Crippen molar-refractivity contribution >= 4 is 20.8 Å². The summed E-state index contributed by atoms with van der Waals surface area (Å²) < 4.78 is 59.6. The molecule has 0 aliphatic carbocycles. The summed E-state index contributed by atoms with van der Waals surface area (Å²) in [6, 6.07) is 0. The first-order valence-electron chi connectivity index (χ1n) is 4.57. The van der Waals surface area contributed by atoms with Crippen molar-refractivity contribution in [1.82, 2.24) is 0 Å². The van der Waals surface area contributed by atoms with Gasteiger partial charge in [0.1, 0.15) is 6.61 Å². The van der Waals surface area contributed by atoms with Crippen LogP contribution in [0.4, 0.5) is 0 Å². The van der Waals surface area contributed by atoms with E-state index in [4.69, 9.17) is 0 Å². The van der Waals surface area contributed by atoms with Gasteiger partial charge in [-0.1, -0.05) is 4.33 Å². The molecule has 0 amide bonds. The molecule has 104 valence electrons. The molecule has 0 N–H and O–H groups in total. The van der Waals surface area contributed by atoms with Crippen LogP contribution in [0.15, 0.2) is 0 Å². The van der Waals surface area contributed by atoms with Gasteiger partial charge in [-0.3, -0.25) is 0 Å². The average Bonchev–Trinajstić information content (AvgIpc) is 2.16. The summed E-state index contributed by atoms with van der Waals surface area (Å²) in [4.78, 5) is 4.17. The highest BCUT2D eigenvalue weighted by Gasteiger charge is 2.13. The second-order valence-corrected chi connectivity index (χ2v) is 4.82. The van der Waals surface area contributed by atoms with E-state index in [1.54, 1.807) is 0 Å². The van der Waals surface area contributed by atoms with Crippen LogP contribution in [0.3, 0.4) is 0 Å². The lowest BCUT2D eigenvalue weighted by atomic mass is 10.8. The van der Waals surface area contributed by atoms with Gasteiger partial charge in [0.2, 0.25) is 0 Å². The molecule has 0 rings (SSSR count). The van der Waals surface area contributed by atoms with E-state index in [0.717, 1.165) is 0 Å². The molecule has 11 heteroatoms. The van der Waals surface area contributed by atoms with Gasteiger partial charge in [-0.25, -0.2) is 17.4 Å². The SMILES string of the molecule is CCOS(=O)(=O)OCCOOS(=O)(=O)OCC. The minimum Gasteiger partial charge on any atom is -0.248 e. The Morgan fingerprint density at radius 2 is 1.29 bits per heavy atom. The van der Waals surface area contributed by atoms with Gasteiger partial charge in [0.15, 0.2) is 0 Å². The molecule has 0 aromatic heterocycles. The summed E-state index contributed by atoms with van der Waals surface area (Å²) in [5.41, 5.74) is 0. The zero-order chi connectivity index (χ0) is 13.4. The van der Waals surface area contributed by atoms with Crippen LogP contribution >= 0.6 is 0 Å². The van der Waals surface area contributed by atoms with Gasteiger partial charge in [-0.15, -0.1) is 0 Å². The summed E-state index contributed by atoms with van der Waals surface area (Å²) in [6.07, 6.45) is 0. The first-order valence-corrected chi connectivity index (χ1v) is 7.24. The van der Waals surface area contributed by atoms with Gasteiger partial charge in [-0.2, -0.15) is 16.8 Å². The third-order valence-corrected chi connectivity index (χ3v) is 2.82. The highest BCUT2D eigenvalue weighted by molar-refractivity contribution is 7.82. The van der Waals surface area contributed by atoms with Crippen molar-refractivity contribution in [3.8, 4) is 0 Å². The van der Waals surface area contributed by atoms with Crippen molar-refractivity contribution in [2.45, 2.75) is 13.8 Å². The van der Waals surface area contributed by atoms with Crippen LogP contribution in [0.25, 0.3) is 0 Å². The predicted octanol–water partition coefficient (Wildman–Crippen LogP) is -0.486. The Bertz CT molecular complexity index is 346. The second-order valence-electron chi connectivity index (χ2n) is 2.34. The molecule has 0 atom stereocenters. The molecule has 0 saturated heterocycles. The molecule has 0 aromatic carbocycles. The van der Waals surface area contributed by atoms with Crippen molar-refractivity contribution in [3.05, 3.63) is 0 Å². The Balaban J connectivity index is 3.74. The molecule has 0 aliphatic rings. The number of hydrogen-bond acceptors (Lipinski definition) is 9. The van der Waals surface area contributed by atoms with Gasteiger partial charge in [-0.05, 0) is 13.8 Å². The molecule has 0 fully saturated rings. The van der Waals surface area contributed by atoms with Crippen LogP contribution in [0.5, 0.6) is 0 Å². The predicted molar refractivity (Wildman–Crippen MR) is 54.1 cm³/mol. The van der Waals surface area contributed by atoms with Gasteiger partial charge >= 0.3 is 20.8 Å². The molecule has 0 radical (unpaired) electrons. The molecule has 0 unspecified atom stereocenters. The van der Waals surface area contributed by atoms with Gasteiger partial charge in [0.05, 0.1) is 19.8 Å². The molecule has 17 heavy (non-hydrogen) atoms. The Morgan fingerprint density at radius 1 is 0.765 bits per heavy atom. The quantitative estimate of drug-likeness (QED) is 0.299. The average molecular weight is 294 g/mol. The van der Waals surface area contributed by atoms with Crippen LogP contribution in [0.1, 0.15) is 13.8 Å². The Labute approximate surface area is 100 Å². The summed E-state index contributed by atoms with van der Waals surface area (Å²) in [5, 5.41) is 0. The minimum atomic E-state index is -4.22. The lowest BCUT2D eigenvalue weighted by Crippen LogP contribution is -2.16. The minimum absolute atomic E-state index is 0.0710. The summed E-state index contributed by atoms with van der Waals surface area (Å²) >= 11 is 0. The Kier molecular flexibility index (Phi) is 7.78. The molecule has 0 aromatic rings. The maximum absolute atomic E-state index is 10.8. The third-order valence-electron chi connectivity index (χ3n) is 1.05. The molecule has 0 aliphatic heterocycles. The topological polar surface area (TPSA) is 114 Å². The molecular formula is C6H14O9S2. The van der Waals surface area contributed by atoms with Crippen molar-refractivity contribution in [2.75, 3.05) is 26.4 Å². The summed E-state index contributed by atoms with van der Waals surface area (Å²) in [6.45, 7) is 1.84. The van der Waals surface area contributed by atoms with Crippen molar-refractivity contribution < 1.29 is 38.6 Å². The first-order chi connectivity index (χ1) is 7.83. The lowest BCUT2D eigenvalue weighted by molar-refractivity contribution is -0.213. The zero-order valence-electron chi connectivity index (χ0n) is 9.32. The summed E-state index contributed by atoms with van der Waals surface area (Å²) in [7, 11) is -8.29. The normalized spacial score (nSPS) is 12.8. The van der Waals surface area contributed by atoms with Crippen molar-refractivity contribution in [2.24, 2.45) is 0 Å². The maximum Gasteiger partial charge on any atom is 0.426 e. The van der Waals surface area contributed by atoms with E-state index < -0.39 is 34.0 Å². The third kappa shape index (κ3) is 9.41. The van der Waals surface area contributed by atoms with E-state index in [1.807, 2.05) is 0 Å². The monoisotopic (exact) mass is 294 g/mol. The molecular weight excluding hydrogens is 280 g/mol. The molecule has 0 saturated carbocycles. The van der Waals surface area contributed by atoms with Gasteiger partial charge in [0.25, 0.3) is 0 Å². The number of rotatable bonds is 10. The van der Waals surface area contributed by atoms with Crippen LogP contribution in [0, 0.1) is 0 Å². The molecule has 0 bridgehead atoms. The van der Waals surface area contributed by atoms with E-state index in [1.165, 1.54) is 13.8 Å². The fourth-order valence-electron chi connectivity index (χ4n) is 0.605. The highest BCUT2D eigenvalue weighted by Crippen LogP contribution is 1.98. The summed E-state index contributed by atoms with van der Waals surface area (Å²) in [5.74, 6) is 0. The smallest absolute Gasteiger partial charge is 0.248 e. The van der Waals surface area contributed by atoms with E-state index >= 15 is 0 Å². The van der Waals surface area contributed by atoms with Gasteiger partial charge < -0.3 is 0 Å². The van der Waals surface area contributed by atoms with Crippen LogP contribution in [-0.2, 0) is 42.6 Å². The maximum atomic E-state index is 10.8. The highest BCUT2D eigenvalue weighted by atomic mass is 32.3. The Morgan fingerprint density at radius 3 is 1.82 bits per heavy atom. The van der Waals surface area contributed by atoms with Crippen LogP contribution in [0.2, 0.25) is 0 Å². The number of hydrogen-bond donors (Lipinski definition) is 0. The van der Waals surface area contributed by atoms with Crippen molar-refractivity contribution in [3.63, 3.8) is 0 Å². The van der Waals surface area contributed by atoms with E-state index in [2.05, 4.69) is 21.8 Å². The van der Waals surface area contributed by atoms with Crippen LogP contribution < -0.4 is 0 Å². The van der Waals surface area contributed by atoms with E-state index in [9.17, 15) is 16.8 Å². The van der Waals surface area contributed by atoms with E-state index in [0.29, 0.717) is 0 Å². The van der Waals surface area contributed by atoms with Crippen LogP contribution in [-0.4, -0.2) is 43.3 Å². The van der Waals surface area contributed by atoms with Gasteiger partial charge in [0, 0.05) is 0 Å². The standard InChI is InChI=1S/C6H14O9S2/c1-3-12-16(7,8)14-6-5-11-15-17(9,10)13-4-2/h3-6H2,1-2H3. The fourth-order valence-corrected chi connectivity index (χ4v) is 1.75.